The lowest BCUT2D eigenvalue weighted by molar-refractivity contribution is -0.123. The number of carbonyl (C=O) groups is 1. The summed E-state index contributed by atoms with van der Waals surface area (Å²) < 4.78 is 32.1. The summed E-state index contributed by atoms with van der Waals surface area (Å²) in [7, 11) is 0. The predicted molar refractivity (Wildman–Crippen MR) is 92.7 cm³/mol. The number of rotatable bonds is 5. The minimum atomic E-state index is -0.756. The summed E-state index contributed by atoms with van der Waals surface area (Å²) in [5.41, 5.74) is 3.03. The summed E-state index contributed by atoms with van der Waals surface area (Å²) >= 11 is 0. The van der Waals surface area contributed by atoms with Crippen molar-refractivity contribution in [2.75, 3.05) is 6.61 Å². The Morgan fingerprint density at radius 2 is 1.72 bits per heavy atom. The van der Waals surface area contributed by atoms with E-state index < -0.39 is 17.5 Å². The molecule has 2 rings (SSSR count). The molecule has 0 heterocycles. The minimum Gasteiger partial charge on any atom is -0.484 e. The summed E-state index contributed by atoms with van der Waals surface area (Å²) in [6.45, 7) is 6.05. The first-order valence-electron chi connectivity index (χ1n) is 7.76. The highest BCUT2D eigenvalue weighted by Gasteiger charge is 2.13. The molecule has 4 nitrogen and oxygen atoms in total. The lowest BCUT2D eigenvalue weighted by Gasteiger charge is -2.19. The molecule has 0 aliphatic rings. The fourth-order valence-electron chi connectivity index (χ4n) is 2.04. The van der Waals surface area contributed by atoms with Crippen molar-refractivity contribution in [2.45, 2.75) is 26.2 Å². The van der Waals surface area contributed by atoms with Crippen molar-refractivity contribution >= 4 is 12.1 Å². The molecule has 0 saturated carbocycles. The zero-order chi connectivity index (χ0) is 18.4. The van der Waals surface area contributed by atoms with E-state index in [9.17, 15) is 13.6 Å². The van der Waals surface area contributed by atoms with Crippen LogP contribution in [0, 0.1) is 11.6 Å². The number of halogens is 2. The number of hydrazone groups is 1. The molecule has 0 saturated heterocycles. The van der Waals surface area contributed by atoms with Gasteiger partial charge in [-0.1, -0.05) is 39.0 Å². The maximum absolute atomic E-state index is 13.4. The monoisotopic (exact) mass is 346 g/mol. The normalized spacial score (nSPS) is 11.6. The third kappa shape index (κ3) is 5.38. The average molecular weight is 346 g/mol. The van der Waals surface area contributed by atoms with Crippen LogP contribution in [0.25, 0.3) is 0 Å². The summed E-state index contributed by atoms with van der Waals surface area (Å²) in [6, 6.07) is 10.9. The molecule has 0 fully saturated rings. The van der Waals surface area contributed by atoms with E-state index in [0.717, 1.165) is 23.9 Å². The molecule has 0 aromatic heterocycles. The van der Waals surface area contributed by atoms with Gasteiger partial charge in [0.2, 0.25) is 0 Å². The van der Waals surface area contributed by atoms with Gasteiger partial charge < -0.3 is 4.74 Å². The van der Waals surface area contributed by atoms with Gasteiger partial charge in [0.25, 0.3) is 5.91 Å². The zero-order valence-electron chi connectivity index (χ0n) is 14.3. The molecule has 1 N–H and O–H groups in total. The van der Waals surface area contributed by atoms with E-state index in [1.165, 1.54) is 6.07 Å². The van der Waals surface area contributed by atoms with Crippen LogP contribution in [0.1, 0.15) is 31.9 Å². The van der Waals surface area contributed by atoms with Crippen molar-refractivity contribution in [1.29, 1.82) is 0 Å². The first kappa shape index (κ1) is 18.6. The molecule has 25 heavy (non-hydrogen) atoms. The van der Waals surface area contributed by atoms with Crippen molar-refractivity contribution in [1.82, 2.24) is 5.43 Å². The van der Waals surface area contributed by atoms with Crippen molar-refractivity contribution < 1.29 is 18.3 Å². The number of carbonyl (C=O) groups excluding carboxylic acids is 1. The van der Waals surface area contributed by atoms with Gasteiger partial charge in [0, 0.05) is 0 Å². The maximum Gasteiger partial charge on any atom is 0.277 e. The highest BCUT2D eigenvalue weighted by Crippen LogP contribution is 2.24. The maximum atomic E-state index is 13.4. The topological polar surface area (TPSA) is 50.7 Å². The van der Waals surface area contributed by atoms with Crippen LogP contribution in [-0.4, -0.2) is 18.7 Å². The van der Waals surface area contributed by atoms with E-state index in [-0.39, 0.29) is 17.6 Å². The third-order valence-electron chi connectivity index (χ3n) is 3.47. The number of benzene rings is 2. The van der Waals surface area contributed by atoms with E-state index in [2.05, 4.69) is 31.3 Å². The van der Waals surface area contributed by atoms with Crippen LogP contribution in [0.3, 0.4) is 0 Å². The van der Waals surface area contributed by atoms with E-state index in [0.29, 0.717) is 5.75 Å². The molecule has 0 radical (unpaired) electrons. The lowest BCUT2D eigenvalue weighted by Crippen LogP contribution is -2.24. The van der Waals surface area contributed by atoms with E-state index in [1.807, 2.05) is 12.1 Å². The van der Waals surface area contributed by atoms with Crippen molar-refractivity contribution in [3.05, 3.63) is 65.2 Å². The Morgan fingerprint density at radius 1 is 1.12 bits per heavy atom. The molecule has 0 atom stereocenters. The Hall–Kier alpha value is -2.76. The molecule has 1 amide bonds. The minimum absolute atomic E-state index is 0.0343. The lowest BCUT2D eigenvalue weighted by atomic mass is 9.87. The van der Waals surface area contributed by atoms with Gasteiger partial charge in [0.15, 0.2) is 6.61 Å². The second-order valence-electron chi connectivity index (χ2n) is 6.49. The average Bonchev–Trinajstić information content (AvgIpc) is 2.55. The van der Waals surface area contributed by atoms with E-state index in [4.69, 9.17) is 4.74 Å². The number of amides is 1. The second-order valence-corrected chi connectivity index (χ2v) is 6.49. The molecule has 0 bridgehead atoms. The molecule has 0 aliphatic carbocycles. The van der Waals surface area contributed by atoms with E-state index in [1.54, 1.807) is 12.1 Å². The van der Waals surface area contributed by atoms with Gasteiger partial charge >= 0.3 is 0 Å². The molecule has 132 valence electrons. The van der Waals surface area contributed by atoms with Gasteiger partial charge in [-0.25, -0.2) is 14.2 Å². The Kier molecular flexibility index (Phi) is 5.85. The van der Waals surface area contributed by atoms with Gasteiger partial charge in [-0.3, -0.25) is 4.79 Å². The van der Waals surface area contributed by atoms with Crippen LogP contribution >= 0.6 is 0 Å². The van der Waals surface area contributed by atoms with Crippen LogP contribution in [0.2, 0.25) is 0 Å². The quantitative estimate of drug-likeness (QED) is 0.661. The molecule has 2 aromatic carbocycles. The van der Waals surface area contributed by atoms with Crippen LogP contribution in [-0.2, 0) is 10.2 Å². The van der Waals surface area contributed by atoms with Crippen LogP contribution < -0.4 is 10.2 Å². The van der Waals surface area contributed by atoms with Gasteiger partial charge in [0.05, 0.1) is 11.8 Å². The number of nitrogens with one attached hydrogen (secondary N) is 1. The second kappa shape index (κ2) is 7.88. The fraction of sp³-hybridized carbons (Fsp3) is 0.263. The molecule has 2 aromatic rings. The highest BCUT2D eigenvalue weighted by atomic mass is 19.1. The summed E-state index contributed by atoms with van der Waals surface area (Å²) in [5.74, 6) is -1.50. The zero-order valence-corrected chi connectivity index (χ0v) is 14.3. The number of nitrogens with zero attached hydrogens (tertiary/aromatic N) is 1. The number of hydrogen-bond acceptors (Lipinski definition) is 3. The molecule has 0 unspecified atom stereocenters. The highest BCUT2D eigenvalue weighted by molar-refractivity contribution is 5.83. The van der Waals surface area contributed by atoms with Gasteiger partial charge in [-0.15, -0.1) is 0 Å². The Balaban J connectivity index is 1.86. The Labute approximate surface area is 145 Å². The molecule has 0 aliphatic heterocycles. The van der Waals surface area contributed by atoms with Crippen LogP contribution in [0.4, 0.5) is 8.78 Å². The number of hydrogen-bond donors (Lipinski definition) is 1. The van der Waals surface area contributed by atoms with Crippen LogP contribution in [0.15, 0.2) is 47.6 Å². The standard InChI is InChI=1S/C19H20F2N2O2/c1-19(2,3)13-7-9-14(10-8-13)25-12-18(24)23-22-11-15-16(20)5-4-6-17(15)21/h4-11H,12H2,1-3H3,(H,23,24). The van der Waals surface area contributed by atoms with Gasteiger partial charge in [-0.05, 0) is 35.2 Å². The fourth-order valence-corrected chi connectivity index (χ4v) is 2.04. The molecule has 0 spiro atoms. The summed E-state index contributed by atoms with van der Waals surface area (Å²) in [6.07, 6.45) is 0.917. The van der Waals surface area contributed by atoms with Crippen molar-refractivity contribution in [3.8, 4) is 5.75 Å². The summed E-state index contributed by atoms with van der Waals surface area (Å²) in [4.78, 5) is 11.7. The Bertz CT molecular complexity index is 746. The third-order valence-corrected chi connectivity index (χ3v) is 3.47. The van der Waals surface area contributed by atoms with Crippen molar-refractivity contribution in [2.24, 2.45) is 5.10 Å². The smallest absolute Gasteiger partial charge is 0.277 e. The van der Waals surface area contributed by atoms with Crippen molar-refractivity contribution in [3.63, 3.8) is 0 Å². The Morgan fingerprint density at radius 3 is 2.28 bits per heavy atom. The molecular weight excluding hydrogens is 326 g/mol. The summed E-state index contributed by atoms with van der Waals surface area (Å²) in [5, 5.41) is 3.54. The largest absolute Gasteiger partial charge is 0.484 e. The molecule has 6 heteroatoms. The van der Waals surface area contributed by atoms with E-state index >= 15 is 0 Å². The SMILES string of the molecule is CC(C)(C)c1ccc(OCC(=O)NN=Cc2c(F)cccc2F)cc1. The first-order valence-corrected chi connectivity index (χ1v) is 7.76. The number of ether oxygens (including phenoxy) is 1. The van der Waals surface area contributed by atoms with Gasteiger partial charge in [0.1, 0.15) is 17.4 Å². The first-order chi connectivity index (χ1) is 11.8. The molecular formula is C19H20F2N2O2. The van der Waals surface area contributed by atoms with Crippen LogP contribution in [0.5, 0.6) is 5.75 Å². The predicted octanol–water partition coefficient (Wildman–Crippen LogP) is 3.79. The van der Waals surface area contributed by atoms with Gasteiger partial charge in [-0.2, -0.15) is 5.10 Å².